The summed E-state index contributed by atoms with van der Waals surface area (Å²) >= 11 is 0. The lowest BCUT2D eigenvalue weighted by Crippen LogP contribution is -2.37. The summed E-state index contributed by atoms with van der Waals surface area (Å²) in [4.78, 5) is 10.7. The van der Waals surface area contributed by atoms with Crippen molar-refractivity contribution in [2.45, 2.75) is 12.8 Å². The second kappa shape index (κ2) is 2.85. The fraction of sp³-hybridized carbons (Fsp3) is 0.800. The summed E-state index contributed by atoms with van der Waals surface area (Å²) in [6.45, 7) is 0.603. The van der Waals surface area contributed by atoms with E-state index in [-0.39, 0.29) is 0 Å². The minimum Gasteiger partial charge on any atom is -0.284 e. The highest BCUT2D eigenvalue weighted by molar-refractivity contribution is 5.71. The number of urea groups is 1. The van der Waals surface area contributed by atoms with Crippen LogP contribution in [0.2, 0.25) is 0 Å². The van der Waals surface area contributed by atoms with Crippen LogP contribution < -0.4 is 0 Å². The normalized spacial score (nSPS) is 21.2. The number of hydrogen-bond acceptors (Lipinski definition) is 3. The topological polar surface area (TPSA) is 64.0 Å². The van der Waals surface area contributed by atoms with E-state index in [4.69, 9.17) is 10.4 Å². The lowest BCUT2D eigenvalue weighted by Gasteiger charge is -2.15. The Morgan fingerprint density at radius 1 is 1.10 bits per heavy atom. The smallest absolute Gasteiger partial charge is 0.284 e. The maximum absolute atomic E-state index is 10.7. The Balaban J connectivity index is 2.55. The van der Waals surface area contributed by atoms with Crippen molar-refractivity contribution in [1.29, 1.82) is 0 Å². The molecule has 1 rings (SSSR count). The molecule has 5 heteroatoms. The van der Waals surface area contributed by atoms with Gasteiger partial charge in [0.2, 0.25) is 0 Å². The number of hydrogen-bond donors (Lipinski definition) is 2. The SMILES string of the molecule is O=C1N(O)CCCCN1O. The van der Waals surface area contributed by atoms with Crippen LogP contribution in [0.1, 0.15) is 12.8 Å². The Morgan fingerprint density at radius 3 is 1.90 bits per heavy atom. The molecule has 0 aromatic heterocycles. The number of rotatable bonds is 0. The molecule has 1 aliphatic heterocycles. The lowest BCUT2D eigenvalue weighted by molar-refractivity contribution is -0.107. The summed E-state index contributed by atoms with van der Waals surface area (Å²) in [6.07, 6.45) is 1.44. The van der Waals surface area contributed by atoms with Gasteiger partial charge in [-0.25, -0.2) is 14.9 Å². The molecule has 1 aliphatic rings. The Bertz CT molecular complexity index is 125. The molecule has 0 bridgehead atoms. The molecule has 0 aromatic rings. The molecule has 1 heterocycles. The number of carbonyl (C=O) groups is 1. The molecular formula is C5H10N2O3. The third kappa shape index (κ3) is 1.37. The Hall–Kier alpha value is -0.810. The van der Waals surface area contributed by atoms with Crippen LogP contribution in [0.15, 0.2) is 0 Å². The zero-order valence-electron chi connectivity index (χ0n) is 5.53. The fourth-order valence-corrected chi connectivity index (χ4v) is 0.848. The van der Waals surface area contributed by atoms with E-state index in [2.05, 4.69) is 0 Å². The zero-order valence-corrected chi connectivity index (χ0v) is 5.53. The van der Waals surface area contributed by atoms with Crippen molar-refractivity contribution in [3.8, 4) is 0 Å². The van der Waals surface area contributed by atoms with E-state index >= 15 is 0 Å². The van der Waals surface area contributed by atoms with Gasteiger partial charge in [-0.05, 0) is 12.8 Å². The first-order chi connectivity index (χ1) is 4.72. The third-order valence-electron chi connectivity index (χ3n) is 1.43. The van der Waals surface area contributed by atoms with Crippen LogP contribution in [0.4, 0.5) is 4.79 Å². The van der Waals surface area contributed by atoms with Crippen molar-refractivity contribution < 1.29 is 15.2 Å². The van der Waals surface area contributed by atoms with E-state index in [0.29, 0.717) is 23.2 Å². The van der Waals surface area contributed by atoms with E-state index in [1.54, 1.807) is 0 Å². The van der Waals surface area contributed by atoms with Gasteiger partial charge in [-0.1, -0.05) is 0 Å². The van der Waals surface area contributed by atoms with Crippen LogP contribution in [0.25, 0.3) is 0 Å². The van der Waals surface area contributed by atoms with Crippen molar-refractivity contribution in [3.05, 3.63) is 0 Å². The lowest BCUT2D eigenvalue weighted by atomic mass is 10.3. The van der Waals surface area contributed by atoms with Crippen LogP contribution in [0, 0.1) is 0 Å². The predicted molar refractivity (Wildman–Crippen MR) is 31.6 cm³/mol. The van der Waals surface area contributed by atoms with Crippen LogP contribution in [-0.2, 0) is 0 Å². The van der Waals surface area contributed by atoms with Gasteiger partial charge in [0.25, 0.3) is 0 Å². The first-order valence-corrected chi connectivity index (χ1v) is 3.18. The quantitative estimate of drug-likeness (QED) is 0.482. The molecule has 0 saturated carbocycles. The summed E-state index contributed by atoms with van der Waals surface area (Å²) in [5, 5.41) is 18.7. The van der Waals surface area contributed by atoms with Crippen LogP contribution >= 0.6 is 0 Å². The Kier molecular flexibility index (Phi) is 2.08. The molecule has 0 spiro atoms. The van der Waals surface area contributed by atoms with E-state index in [9.17, 15) is 4.79 Å². The van der Waals surface area contributed by atoms with E-state index < -0.39 is 6.03 Å². The van der Waals surface area contributed by atoms with Crippen molar-refractivity contribution in [3.63, 3.8) is 0 Å². The minimum absolute atomic E-state index is 0.301. The molecular weight excluding hydrogens is 136 g/mol. The summed E-state index contributed by atoms with van der Waals surface area (Å²) in [5.74, 6) is 0. The molecule has 5 nitrogen and oxygen atoms in total. The summed E-state index contributed by atoms with van der Waals surface area (Å²) in [6, 6.07) is -0.738. The maximum atomic E-state index is 10.7. The van der Waals surface area contributed by atoms with Gasteiger partial charge in [0.05, 0.1) is 13.1 Å². The first kappa shape index (κ1) is 7.30. The second-order valence-electron chi connectivity index (χ2n) is 2.24. The highest BCUT2D eigenvalue weighted by atomic mass is 16.6. The van der Waals surface area contributed by atoms with Crippen molar-refractivity contribution in [2.75, 3.05) is 13.1 Å². The number of carbonyl (C=O) groups excluding carboxylic acids is 1. The minimum atomic E-state index is -0.738. The second-order valence-corrected chi connectivity index (χ2v) is 2.24. The molecule has 58 valence electrons. The summed E-state index contributed by atoms with van der Waals surface area (Å²) in [5.41, 5.74) is 0. The third-order valence-corrected chi connectivity index (χ3v) is 1.43. The van der Waals surface area contributed by atoms with Gasteiger partial charge in [0.1, 0.15) is 0 Å². The Labute approximate surface area is 58.4 Å². The fourth-order valence-electron chi connectivity index (χ4n) is 0.848. The van der Waals surface area contributed by atoms with Crippen LogP contribution in [-0.4, -0.2) is 39.7 Å². The molecule has 2 amide bonds. The molecule has 1 saturated heterocycles. The van der Waals surface area contributed by atoms with Gasteiger partial charge in [-0.15, -0.1) is 0 Å². The molecule has 0 radical (unpaired) electrons. The molecule has 0 atom stereocenters. The molecule has 0 unspecified atom stereocenters. The van der Waals surface area contributed by atoms with Crippen molar-refractivity contribution in [1.82, 2.24) is 10.1 Å². The predicted octanol–water partition coefficient (Wildman–Crippen LogP) is 0.283. The van der Waals surface area contributed by atoms with E-state index in [1.165, 1.54) is 0 Å². The number of amides is 2. The van der Waals surface area contributed by atoms with Crippen LogP contribution in [0.5, 0.6) is 0 Å². The van der Waals surface area contributed by atoms with Gasteiger partial charge in [-0.2, -0.15) is 0 Å². The molecule has 1 fully saturated rings. The van der Waals surface area contributed by atoms with Crippen molar-refractivity contribution >= 4 is 6.03 Å². The first-order valence-electron chi connectivity index (χ1n) is 3.18. The average molecular weight is 146 g/mol. The average Bonchev–Trinajstić information content (AvgIpc) is 2.04. The van der Waals surface area contributed by atoms with E-state index in [0.717, 1.165) is 12.8 Å². The summed E-state index contributed by atoms with van der Waals surface area (Å²) in [7, 11) is 0. The summed E-state index contributed by atoms with van der Waals surface area (Å²) < 4.78 is 0. The van der Waals surface area contributed by atoms with Crippen molar-refractivity contribution in [2.24, 2.45) is 0 Å². The molecule has 0 aromatic carbocycles. The highest BCUT2D eigenvalue weighted by Gasteiger charge is 2.20. The number of hydroxylamine groups is 4. The Morgan fingerprint density at radius 2 is 1.50 bits per heavy atom. The van der Waals surface area contributed by atoms with Crippen LogP contribution in [0.3, 0.4) is 0 Å². The standard InChI is InChI=1S/C5H10N2O3/c8-5-6(9)3-1-2-4-7(5)10/h9-10H,1-4H2. The largest absolute Gasteiger partial charge is 0.367 e. The molecule has 2 N–H and O–H groups in total. The zero-order chi connectivity index (χ0) is 7.56. The highest BCUT2D eigenvalue weighted by Crippen LogP contribution is 2.03. The van der Waals surface area contributed by atoms with Gasteiger partial charge in [0.15, 0.2) is 0 Å². The van der Waals surface area contributed by atoms with Gasteiger partial charge in [0, 0.05) is 0 Å². The molecule has 10 heavy (non-hydrogen) atoms. The van der Waals surface area contributed by atoms with E-state index in [1.807, 2.05) is 0 Å². The van der Waals surface area contributed by atoms with Gasteiger partial charge in [-0.3, -0.25) is 10.4 Å². The monoisotopic (exact) mass is 146 g/mol. The van der Waals surface area contributed by atoms with Gasteiger partial charge < -0.3 is 0 Å². The maximum Gasteiger partial charge on any atom is 0.367 e. The number of nitrogens with zero attached hydrogens (tertiary/aromatic N) is 2. The van der Waals surface area contributed by atoms with Gasteiger partial charge >= 0.3 is 6.03 Å². The molecule has 0 aliphatic carbocycles.